The molecule has 0 aliphatic rings. The van der Waals surface area contributed by atoms with Crippen LogP contribution in [0.5, 0.6) is 0 Å². The van der Waals surface area contributed by atoms with Gasteiger partial charge in [-0.3, -0.25) is 9.79 Å². The Labute approximate surface area is 126 Å². The highest BCUT2D eigenvalue weighted by Crippen LogP contribution is 1.97. The van der Waals surface area contributed by atoms with Gasteiger partial charge in [-0.2, -0.15) is 0 Å². The van der Waals surface area contributed by atoms with Crippen molar-refractivity contribution in [2.24, 2.45) is 4.99 Å². The molecule has 0 spiro atoms. The third-order valence-corrected chi connectivity index (χ3v) is 2.60. The van der Waals surface area contributed by atoms with Crippen molar-refractivity contribution in [1.29, 1.82) is 0 Å². The van der Waals surface area contributed by atoms with Crippen LogP contribution in [0.15, 0.2) is 23.7 Å². The van der Waals surface area contributed by atoms with E-state index in [1.54, 1.807) is 19.6 Å². The standard InChI is InChI=1S/C14H26N6O/c1-14(2,3)19-12(21)10-18-13(15-4)17-6-5-8-20-9-7-16-11-20/h7,9,11H,5-6,8,10H2,1-4H3,(H,19,21)(H2,15,17,18). The van der Waals surface area contributed by atoms with E-state index in [0.29, 0.717) is 5.96 Å². The van der Waals surface area contributed by atoms with Crippen LogP contribution in [0.2, 0.25) is 0 Å². The van der Waals surface area contributed by atoms with Gasteiger partial charge in [0.2, 0.25) is 5.91 Å². The minimum atomic E-state index is -0.222. The zero-order chi connectivity index (χ0) is 15.7. The number of nitrogens with one attached hydrogen (secondary N) is 3. The van der Waals surface area contributed by atoms with Crippen molar-refractivity contribution in [2.45, 2.75) is 39.3 Å². The summed E-state index contributed by atoms with van der Waals surface area (Å²) in [6.45, 7) is 7.74. The van der Waals surface area contributed by atoms with E-state index in [1.807, 2.05) is 31.5 Å². The van der Waals surface area contributed by atoms with Crippen molar-refractivity contribution >= 4 is 11.9 Å². The van der Waals surface area contributed by atoms with Crippen molar-refractivity contribution < 1.29 is 4.79 Å². The Bertz CT molecular complexity index is 447. The first-order chi connectivity index (χ1) is 9.90. The molecule has 0 fully saturated rings. The number of amides is 1. The van der Waals surface area contributed by atoms with Crippen molar-refractivity contribution in [3.8, 4) is 0 Å². The Kier molecular flexibility index (Phi) is 6.71. The van der Waals surface area contributed by atoms with Crippen LogP contribution in [0, 0.1) is 0 Å². The molecule has 1 heterocycles. The topological polar surface area (TPSA) is 83.3 Å². The monoisotopic (exact) mass is 294 g/mol. The molecule has 0 aromatic carbocycles. The number of hydrogen-bond donors (Lipinski definition) is 3. The average Bonchev–Trinajstić information content (AvgIpc) is 2.89. The van der Waals surface area contributed by atoms with Crippen LogP contribution in [0.4, 0.5) is 0 Å². The normalized spacial score (nSPS) is 12.1. The minimum Gasteiger partial charge on any atom is -0.356 e. The fourth-order valence-electron chi connectivity index (χ4n) is 1.73. The molecule has 0 saturated heterocycles. The summed E-state index contributed by atoms with van der Waals surface area (Å²) in [6, 6.07) is 0. The van der Waals surface area contributed by atoms with Crippen molar-refractivity contribution in [3.05, 3.63) is 18.7 Å². The van der Waals surface area contributed by atoms with E-state index in [4.69, 9.17) is 0 Å². The molecule has 0 aliphatic carbocycles. The molecule has 1 rings (SSSR count). The summed E-state index contributed by atoms with van der Waals surface area (Å²) in [5, 5.41) is 9.06. The molecule has 0 bridgehead atoms. The first kappa shape index (κ1) is 17.0. The maximum atomic E-state index is 11.7. The molecular weight excluding hydrogens is 268 g/mol. The molecule has 0 aliphatic heterocycles. The van der Waals surface area contributed by atoms with Gasteiger partial charge in [-0.25, -0.2) is 4.98 Å². The Morgan fingerprint density at radius 2 is 2.10 bits per heavy atom. The number of aliphatic imine (C=N–C) groups is 1. The molecule has 1 amide bonds. The van der Waals surface area contributed by atoms with Gasteiger partial charge in [0.1, 0.15) is 0 Å². The number of rotatable bonds is 6. The number of nitrogens with zero attached hydrogens (tertiary/aromatic N) is 3. The summed E-state index contributed by atoms with van der Waals surface area (Å²) in [6.07, 6.45) is 6.45. The third kappa shape index (κ3) is 7.96. The smallest absolute Gasteiger partial charge is 0.239 e. The minimum absolute atomic E-state index is 0.0520. The average molecular weight is 294 g/mol. The van der Waals surface area contributed by atoms with Gasteiger partial charge in [-0.1, -0.05) is 0 Å². The Balaban J connectivity index is 2.18. The molecule has 0 unspecified atom stereocenters. The molecule has 1 aromatic heterocycles. The van der Waals surface area contributed by atoms with Gasteiger partial charge < -0.3 is 20.5 Å². The Morgan fingerprint density at radius 1 is 1.33 bits per heavy atom. The fraction of sp³-hybridized carbons (Fsp3) is 0.643. The predicted molar refractivity (Wildman–Crippen MR) is 84.1 cm³/mol. The lowest BCUT2D eigenvalue weighted by Gasteiger charge is -2.21. The van der Waals surface area contributed by atoms with Crippen LogP contribution in [0.1, 0.15) is 27.2 Å². The molecule has 21 heavy (non-hydrogen) atoms. The summed E-state index contributed by atoms with van der Waals surface area (Å²) >= 11 is 0. The van der Waals surface area contributed by atoms with Crippen LogP contribution < -0.4 is 16.0 Å². The number of carbonyl (C=O) groups excluding carboxylic acids is 1. The molecular formula is C14H26N6O. The first-order valence-corrected chi connectivity index (χ1v) is 7.12. The van der Waals surface area contributed by atoms with E-state index >= 15 is 0 Å². The SMILES string of the molecule is CN=C(NCCCn1ccnc1)NCC(=O)NC(C)(C)C. The molecule has 3 N–H and O–H groups in total. The van der Waals surface area contributed by atoms with Crippen LogP contribution in [-0.4, -0.2) is 47.1 Å². The van der Waals surface area contributed by atoms with E-state index in [1.165, 1.54) is 0 Å². The molecule has 7 heteroatoms. The van der Waals surface area contributed by atoms with E-state index < -0.39 is 0 Å². The molecule has 1 aromatic rings. The zero-order valence-electron chi connectivity index (χ0n) is 13.3. The molecule has 7 nitrogen and oxygen atoms in total. The van der Waals surface area contributed by atoms with E-state index in [-0.39, 0.29) is 18.0 Å². The van der Waals surface area contributed by atoms with Gasteiger partial charge in [0.05, 0.1) is 12.9 Å². The number of aromatic nitrogens is 2. The maximum Gasteiger partial charge on any atom is 0.239 e. The van der Waals surface area contributed by atoms with Crippen LogP contribution in [0.3, 0.4) is 0 Å². The lowest BCUT2D eigenvalue weighted by atomic mass is 10.1. The highest BCUT2D eigenvalue weighted by Gasteiger charge is 2.13. The van der Waals surface area contributed by atoms with Gasteiger partial charge in [0, 0.05) is 38.1 Å². The van der Waals surface area contributed by atoms with Crippen molar-refractivity contribution in [1.82, 2.24) is 25.5 Å². The summed E-state index contributed by atoms with van der Waals surface area (Å²) in [5.41, 5.74) is -0.222. The second-order valence-electron chi connectivity index (χ2n) is 5.80. The van der Waals surface area contributed by atoms with Gasteiger partial charge in [0.15, 0.2) is 5.96 Å². The number of imidazole rings is 1. The van der Waals surface area contributed by atoms with E-state index in [9.17, 15) is 4.79 Å². The number of guanidine groups is 1. The Hall–Kier alpha value is -2.05. The highest BCUT2D eigenvalue weighted by atomic mass is 16.2. The summed E-state index contributed by atoms with van der Waals surface area (Å²) in [4.78, 5) is 19.8. The number of hydrogen-bond acceptors (Lipinski definition) is 3. The van der Waals surface area contributed by atoms with Crippen molar-refractivity contribution in [3.63, 3.8) is 0 Å². The lowest BCUT2D eigenvalue weighted by Crippen LogP contribution is -2.48. The summed E-state index contributed by atoms with van der Waals surface area (Å²) in [5.74, 6) is 0.577. The van der Waals surface area contributed by atoms with Gasteiger partial charge in [-0.15, -0.1) is 0 Å². The summed E-state index contributed by atoms with van der Waals surface area (Å²) in [7, 11) is 1.69. The second kappa shape index (κ2) is 8.28. The maximum absolute atomic E-state index is 11.7. The summed E-state index contributed by atoms with van der Waals surface area (Å²) < 4.78 is 2.02. The number of aryl methyl sites for hydroxylation is 1. The van der Waals surface area contributed by atoms with Gasteiger partial charge in [-0.05, 0) is 27.2 Å². The van der Waals surface area contributed by atoms with Crippen molar-refractivity contribution in [2.75, 3.05) is 20.1 Å². The fourth-order valence-corrected chi connectivity index (χ4v) is 1.73. The largest absolute Gasteiger partial charge is 0.356 e. The van der Waals surface area contributed by atoms with Crippen LogP contribution in [0.25, 0.3) is 0 Å². The van der Waals surface area contributed by atoms with Crippen LogP contribution >= 0.6 is 0 Å². The van der Waals surface area contributed by atoms with Gasteiger partial charge >= 0.3 is 0 Å². The quantitative estimate of drug-likeness (QED) is 0.402. The third-order valence-electron chi connectivity index (χ3n) is 2.60. The van der Waals surface area contributed by atoms with Crippen LogP contribution in [-0.2, 0) is 11.3 Å². The van der Waals surface area contributed by atoms with Gasteiger partial charge in [0.25, 0.3) is 0 Å². The predicted octanol–water partition coefficient (Wildman–Crippen LogP) is 0.353. The highest BCUT2D eigenvalue weighted by molar-refractivity contribution is 5.86. The van der Waals surface area contributed by atoms with E-state index in [0.717, 1.165) is 19.5 Å². The van der Waals surface area contributed by atoms with E-state index in [2.05, 4.69) is 25.9 Å². The zero-order valence-corrected chi connectivity index (χ0v) is 13.3. The Morgan fingerprint density at radius 3 is 2.67 bits per heavy atom. The molecule has 118 valence electrons. The lowest BCUT2D eigenvalue weighted by molar-refractivity contribution is -0.121. The molecule has 0 atom stereocenters. The second-order valence-corrected chi connectivity index (χ2v) is 5.80. The molecule has 0 saturated carbocycles. The number of carbonyl (C=O) groups is 1. The molecule has 0 radical (unpaired) electrons. The first-order valence-electron chi connectivity index (χ1n) is 7.12.